The minimum Gasteiger partial charge on any atom is -0.317 e. The summed E-state index contributed by atoms with van der Waals surface area (Å²) >= 11 is 0. The zero-order valence-corrected chi connectivity index (χ0v) is 12.0. The van der Waals surface area contributed by atoms with Gasteiger partial charge >= 0.3 is 0 Å². The fraction of sp³-hybridized carbons (Fsp3) is 0.500. The smallest absolute Gasteiger partial charge is 0.240 e. The lowest BCUT2D eigenvalue weighted by atomic mass is 10.1. The number of rotatable bonds is 3. The molecule has 1 aromatic carbocycles. The molecule has 1 heterocycles. The van der Waals surface area contributed by atoms with Gasteiger partial charge in [-0.25, -0.2) is 13.1 Å². The number of piperidine rings is 1. The molecule has 2 rings (SSSR count). The standard InChI is InChI=1S/C12H18N2O2S.ClH/c1-10-3-2-4-12(9-10)17(15,16)14-11-5-7-13-8-6-11;/h2-4,9,11,13-14H,5-8H2,1H3;1H. The van der Waals surface area contributed by atoms with Gasteiger partial charge < -0.3 is 5.32 Å². The molecule has 18 heavy (non-hydrogen) atoms. The molecule has 1 aromatic rings. The van der Waals surface area contributed by atoms with E-state index in [-0.39, 0.29) is 18.4 Å². The second-order valence-corrected chi connectivity index (χ2v) is 6.18. The molecule has 0 saturated carbocycles. The number of hydrogen-bond acceptors (Lipinski definition) is 3. The summed E-state index contributed by atoms with van der Waals surface area (Å²) in [7, 11) is -3.36. The Morgan fingerprint density at radius 1 is 1.28 bits per heavy atom. The molecule has 1 saturated heterocycles. The van der Waals surface area contributed by atoms with Crippen molar-refractivity contribution in [2.24, 2.45) is 0 Å². The van der Waals surface area contributed by atoms with Gasteiger partial charge in [-0.3, -0.25) is 0 Å². The van der Waals surface area contributed by atoms with Gasteiger partial charge in [0.15, 0.2) is 0 Å². The fourth-order valence-corrected chi connectivity index (χ4v) is 3.42. The van der Waals surface area contributed by atoms with Crippen molar-refractivity contribution in [1.29, 1.82) is 0 Å². The molecular formula is C12H19ClN2O2S. The highest BCUT2D eigenvalue weighted by atomic mass is 35.5. The summed E-state index contributed by atoms with van der Waals surface area (Å²) in [6, 6.07) is 7.05. The average Bonchev–Trinajstić information content (AvgIpc) is 2.30. The van der Waals surface area contributed by atoms with Crippen molar-refractivity contribution in [1.82, 2.24) is 10.0 Å². The third-order valence-corrected chi connectivity index (χ3v) is 4.48. The lowest BCUT2D eigenvalue weighted by molar-refractivity contribution is 0.427. The molecule has 0 unspecified atom stereocenters. The largest absolute Gasteiger partial charge is 0.317 e. The van der Waals surface area contributed by atoms with Crippen molar-refractivity contribution >= 4 is 22.4 Å². The first-order valence-electron chi connectivity index (χ1n) is 5.88. The number of aryl methyl sites for hydroxylation is 1. The summed E-state index contributed by atoms with van der Waals surface area (Å²) in [6.45, 7) is 3.64. The summed E-state index contributed by atoms with van der Waals surface area (Å²) in [5.74, 6) is 0. The van der Waals surface area contributed by atoms with Crippen LogP contribution in [0.5, 0.6) is 0 Å². The van der Waals surface area contributed by atoms with Crippen molar-refractivity contribution in [2.45, 2.75) is 30.7 Å². The van der Waals surface area contributed by atoms with Crippen LogP contribution in [-0.4, -0.2) is 27.5 Å². The summed E-state index contributed by atoms with van der Waals surface area (Å²) in [4.78, 5) is 0.357. The van der Waals surface area contributed by atoms with Crippen LogP contribution in [0.1, 0.15) is 18.4 Å². The quantitative estimate of drug-likeness (QED) is 0.886. The maximum absolute atomic E-state index is 12.1. The van der Waals surface area contributed by atoms with Crippen LogP contribution in [0.15, 0.2) is 29.2 Å². The first-order chi connectivity index (χ1) is 8.08. The van der Waals surface area contributed by atoms with Gasteiger partial charge in [-0.2, -0.15) is 0 Å². The maximum atomic E-state index is 12.1. The maximum Gasteiger partial charge on any atom is 0.240 e. The van der Waals surface area contributed by atoms with Crippen LogP contribution in [0.4, 0.5) is 0 Å². The van der Waals surface area contributed by atoms with E-state index in [0.717, 1.165) is 31.5 Å². The predicted molar refractivity (Wildman–Crippen MR) is 74.6 cm³/mol. The highest BCUT2D eigenvalue weighted by Gasteiger charge is 2.21. The molecule has 0 bridgehead atoms. The number of benzene rings is 1. The van der Waals surface area contributed by atoms with Gasteiger partial charge in [0.1, 0.15) is 0 Å². The van der Waals surface area contributed by atoms with E-state index in [1.807, 2.05) is 13.0 Å². The minimum absolute atomic E-state index is 0. The van der Waals surface area contributed by atoms with Crippen LogP contribution < -0.4 is 10.0 Å². The molecule has 0 aliphatic carbocycles. The number of hydrogen-bond donors (Lipinski definition) is 2. The SMILES string of the molecule is Cc1cccc(S(=O)(=O)NC2CCNCC2)c1.Cl. The van der Waals surface area contributed by atoms with Crippen LogP contribution in [0.2, 0.25) is 0 Å². The van der Waals surface area contributed by atoms with Gasteiger partial charge in [-0.05, 0) is 50.6 Å². The van der Waals surface area contributed by atoms with Gasteiger partial charge in [0.05, 0.1) is 4.90 Å². The molecule has 1 aliphatic heterocycles. The van der Waals surface area contributed by atoms with Crippen molar-refractivity contribution in [3.8, 4) is 0 Å². The van der Waals surface area contributed by atoms with Crippen LogP contribution in [0.25, 0.3) is 0 Å². The molecule has 0 atom stereocenters. The number of nitrogens with one attached hydrogen (secondary N) is 2. The van der Waals surface area contributed by atoms with Gasteiger partial charge in [0, 0.05) is 6.04 Å². The van der Waals surface area contributed by atoms with Crippen molar-refractivity contribution in [2.75, 3.05) is 13.1 Å². The second-order valence-electron chi connectivity index (χ2n) is 4.46. The van der Waals surface area contributed by atoms with Gasteiger partial charge in [0.2, 0.25) is 10.0 Å². The van der Waals surface area contributed by atoms with Crippen LogP contribution in [0.3, 0.4) is 0 Å². The molecule has 1 fully saturated rings. The van der Waals surface area contributed by atoms with E-state index >= 15 is 0 Å². The van der Waals surface area contributed by atoms with Gasteiger partial charge in [0.25, 0.3) is 0 Å². The first kappa shape index (κ1) is 15.4. The summed E-state index contributed by atoms with van der Waals surface area (Å²) in [6.07, 6.45) is 1.70. The fourth-order valence-electron chi connectivity index (χ4n) is 2.01. The van der Waals surface area contributed by atoms with Crippen molar-refractivity contribution in [3.05, 3.63) is 29.8 Å². The Labute approximate surface area is 115 Å². The van der Waals surface area contributed by atoms with Crippen molar-refractivity contribution < 1.29 is 8.42 Å². The van der Waals surface area contributed by atoms with E-state index in [0.29, 0.717) is 4.90 Å². The van der Waals surface area contributed by atoms with Gasteiger partial charge in [-0.15, -0.1) is 12.4 Å². The molecule has 2 N–H and O–H groups in total. The van der Waals surface area contributed by atoms with E-state index < -0.39 is 10.0 Å². The van der Waals surface area contributed by atoms with E-state index in [2.05, 4.69) is 10.0 Å². The summed E-state index contributed by atoms with van der Waals surface area (Å²) < 4.78 is 27.0. The van der Waals surface area contributed by atoms with Crippen molar-refractivity contribution in [3.63, 3.8) is 0 Å². The second kappa shape index (κ2) is 6.52. The van der Waals surface area contributed by atoms with E-state index in [4.69, 9.17) is 0 Å². The van der Waals surface area contributed by atoms with Crippen LogP contribution in [0, 0.1) is 6.92 Å². The van der Waals surface area contributed by atoms with E-state index in [1.54, 1.807) is 18.2 Å². The third kappa shape index (κ3) is 3.95. The topological polar surface area (TPSA) is 58.2 Å². The zero-order valence-electron chi connectivity index (χ0n) is 10.3. The first-order valence-corrected chi connectivity index (χ1v) is 7.36. The monoisotopic (exact) mass is 290 g/mol. The molecule has 0 spiro atoms. The Morgan fingerprint density at radius 3 is 2.56 bits per heavy atom. The lowest BCUT2D eigenvalue weighted by Gasteiger charge is -2.23. The highest BCUT2D eigenvalue weighted by Crippen LogP contribution is 2.13. The molecular weight excluding hydrogens is 272 g/mol. The summed E-state index contributed by atoms with van der Waals surface area (Å²) in [5, 5.41) is 3.21. The highest BCUT2D eigenvalue weighted by molar-refractivity contribution is 7.89. The average molecular weight is 291 g/mol. The van der Waals surface area contributed by atoms with Crippen LogP contribution in [-0.2, 0) is 10.0 Å². The predicted octanol–water partition coefficient (Wildman–Crippen LogP) is 1.45. The van der Waals surface area contributed by atoms with Crippen LogP contribution >= 0.6 is 12.4 Å². The molecule has 0 radical (unpaired) electrons. The number of sulfonamides is 1. The molecule has 6 heteroatoms. The Hall–Kier alpha value is -0.620. The normalized spacial score (nSPS) is 17.2. The minimum atomic E-state index is -3.36. The number of halogens is 1. The molecule has 1 aliphatic rings. The van der Waals surface area contributed by atoms with Gasteiger partial charge in [-0.1, -0.05) is 12.1 Å². The lowest BCUT2D eigenvalue weighted by Crippen LogP contribution is -2.42. The van der Waals surface area contributed by atoms with E-state index in [1.165, 1.54) is 0 Å². The third-order valence-electron chi connectivity index (χ3n) is 2.96. The molecule has 102 valence electrons. The Morgan fingerprint density at radius 2 is 1.94 bits per heavy atom. The molecule has 4 nitrogen and oxygen atoms in total. The Kier molecular flexibility index (Phi) is 5.59. The van der Waals surface area contributed by atoms with E-state index in [9.17, 15) is 8.42 Å². The molecule has 0 amide bonds. The molecule has 0 aromatic heterocycles. The Bertz CT molecular complexity index is 485. The zero-order chi connectivity index (χ0) is 12.3. The Balaban J connectivity index is 0.00000162. The summed E-state index contributed by atoms with van der Waals surface area (Å²) in [5.41, 5.74) is 0.957.